The topological polar surface area (TPSA) is 49.3 Å². The van der Waals surface area contributed by atoms with E-state index in [2.05, 4.69) is 17.2 Å². The van der Waals surface area contributed by atoms with Gasteiger partial charge in [-0.2, -0.15) is 13.2 Å². The maximum atomic E-state index is 12.0. The van der Waals surface area contributed by atoms with Crippen molar-refractivity contribution in [2.75, 3.05) is 11.9 Å². The number of hydrogen-bond acceptors (Lipinski definition) is 2. The van der Waals surface area contributed by atoms with Crippen molar-refractivity contribution in [1.82, 2.24) is 0 Å². The minimum absolute atomic E-state index is 0.0408. The Labute approximate surface area is 114 Å². The highest BCUT2D eigenvalue weighted by molar-refractivity contribution is 5.90. The van der Waals surface area contributed by atoms with Crippen molar-refractivity contribution in [2.24, 2.45) is 0 Å². The number of amides is 1. The number of hydrogen-bond donors (Lipinski definition) is 2. The summed E-state index contributed by atoms with van der Waals surface area (Å²) >= 11 is 0. The molecule has 1 aromatic rings. The van der Waals surface area contributed by atoms with E-state index in [9.17, 15) is 18.0 Å². The largest absolute Gasteiger partial charge is 0.395 e. The number of carbonyl (C=O) groups is 1. The van der Waals surface area contributed by atoms with Crippen LogP contribution in [0, 0.1) is 11.8 Å². The van der Waals surface area contributed by atoms with Gasteiger partial charge in [-0.3, -0.25) is 4.79 Å². The molecule has 0 aliphatic rings. The van der Waals surface area contributed by atoms with Crippen LogP contribution in [0.3, 0.4) is 0 Å². The van der Waals surface area contributed by atoms with Crippen LogP contribution >= 0.6 is 0 Å². The molecule has 0 aliphatic heterocycles. The average Bonchev–Trinajstić information content (AvgIpc) is 2.36. The van der Waals surface area contributed by atoms with Crippen molar-refractivity contribution < 1.29 is 23.1 Å². The summed E-state index contributed by atoms with van der Waals surface area (Å²) in [5.41, 5.74) is 1.01. The van der Waals surface area contributed by atoms with Crippen LogP contribution in [0.4, 0.5) is 18.9 Å². The molecule has 1 rings (SSSR count). The number of carbonyl (C=O) groups excluding carboxylic acids is 1. The molecule has 0 spiro atoms. The number of aliphatic hydroxyl groups excluding tert-OH is 1. The zero-order valence-electron chi connectivity index (χ0n) is 10.6. The predicted molar refractivity (Wildman–Crippen MR) is 68.9 cm³/mol. The Hall–Kier alpha value is -2.00. The third-order valence-electron chi connectivity index (χ3n) is 2.25. The van der Waals surface area contributed by atoms with E-state index >= 15 is 0 Å². The third kappa shape index (κ3) is 6.81. The van der Waals surface area contributed by atoms with Gasteiger partial charge in [0.2, 0.25) is 5.91 Å². The molecule has 1 amide bonds. The smallest absolute Gasteiger partial charge is 0.389 e. The van der Waals surface area contributed by atoms with Crippen molar-refractivity contribution in [2.45, 2.75) is 25.4 Å². The highest BCUT2D eigenvalue weighted by Gasteiger charge is 2.27. The summed E-state index contributed by atoms with van der Waals surface area (Å²) in [6, 6.07) is 6.48. The lowest BCUT2D eigenvalue weighted by atomic mass is 10.2. The molecule has 0 bridgehead atoms. The number of halogens is 3. The minimum atomic E-state index is -4.34. The van der Waals surface area contributed by atoms with E-state index in [1.54, 1.807) is 24.3 Å². The zero-order chi connectivity index (χ0) is 15.0. The van der Waals surface area contributed by atoms with Crippen LogP contribution in [0.15, 0.2) is 24.3 Å². The van der Waals surface area contributed by atoms with E-state index in [-0.39, 0.29) is 6.61 Å². The lowest BCUT2D eigenvalue weighted by Gasteiger charge is -2.07. The van der Waals surface area contributed by atoms with Crippen molar-refractivity contribution in [3.8, 4) is 11.8 Å². The van der Waals surface area contributed by atoms with Gasteiger partial charge in [0.1, 0.15) is 0 Å². The van der Waals surface area contributed by atoms with Gasteiger partial charge in [0, 0.05) is 24.1 Å². The molecule has 0 saturated heterocycles. The normalized spacial score (nSPS) is 10.6. The fourth-order valence-corrected chi connectivity index (χ4v) is 1.37. The van der Waals surface area contributed by atoms with E-state index in [4.69, 9.17) is 5.11 Å². The van der Waals surface area contributed by atoms with E-state index in [0.717, 1.165) is 0 Å². The van der Waals surface area contributed by atoms with Gasteiger partial charge < -0.3 is 10.4 Å². The Morgan fingerprint density at radius 3 is 2.75 bits per heavy atom. The SMILES string of the molecule is O=C(CCC(F)(F)F)Nc1cccc(C#CCCO)c1. The molecule has 1 aromatic carbocycles. The van der Waals surface area contributed by atoms with Crippen LogP contribution in [0.2, 0.25) is 0 Å². The molecule has 0 fully saturated rings. The second-order valence-corrected chi connectivity index (χ2v) is 4.02. The molecule has 0 aliphatic carbocycles. The standard InChI is InChI=1S/C14H14F3NO2/c15-14(16,17)8-7-13(20)18-12-6-3-5-11(10-12)4-1-2-9-19/h3,5-6,10,19H,2,7-9H2,(H,18,20). The first kappa shape index (κ1) is 16.1. The molecular formula is C14H14F3NO2. The summed E-state index contributed by atoms with van der Waals surface area (Å²) in [5.74, 6) is 4.80. The molecule has 0 heterocycles. The maximum Gasteiger partial charge on any atom is 0.389 e. The minimum Gasteiger partial charge on any atom is -0.395 e. The van der Waals surface area contributed by atoms with Crippen LogP contribution in [-0.4, -0.2) is 23.8 Å². The molecule has 20 heavy (non-hydrogen) atoms. The van der Waals surface area contributed by atoms with Gasteiger partial charge in [-0.1, -0.05) is 17.9 Å². The molecule has 0 radical (unpaired) electrons. The van der Waals surface area contributed by atoms with Gasteiger partial charge >= 0.3 is 6.18 Å². The summed E-state index contributed by atoms with van der Waals surface area (Å²) in [5, 5.41) is 11.0. The van der Waals surface area contributed by atoms with Crippen molar-refractivity contribution >= 4 is 11.6 Å². The van der Waals surface area contributed by atoms with Gasteiger partial charge in [0.15, 0.2) is 0 Å². The van der Waals surface area contributed by atoms with Crippen LogP contribution < -0.4 is 5.32 Å². The molecule has 6 heteroatoms. The Bertz CT molecular complexity index is 515. The molecule has 0 aromatic heterocycles. The summed E-state index contributed by atoms with van der Waals surface area (Å²) in [6.45, 7) is -0.0408. The van der Waals surface area contributed by atoms with Gasteiger partial charge in [0.05, 0.1) is 13.0 Å². The highest BCUT2D eigenvalue weighted by Crippen LogP contribution is 2.21. The van der Waals surface area contributed by atoms with Crippen molar-refractivity contribution in [3.63, 3.8) is 0 Å². The van der Waals surface area contributed by atoms with Gasteiger partial charge in [-0.05, 0) is 18.2 Å². The number of anilines is 1. The van der Waals surface area contributed by atoms with Crippen LogP contribution in [-0.2, 0) is 4.79 Å². The molecule has 0 saturated carbocycles. The summed E-state index contributed by atoms with van der Waals surface area (Å²) in [6.07, 6.45) is -5.75. The van der Waals surface area contributed by atoms with E-state index in [1.165, 1.54) is 0 Å². The Morgan fingerprint density at radius 2 is 2.10 bits per heavy atom. The second kappa shape index (κ2) is 7.56. The highest BCUT2D eigenvalue weighted by atomic mass is 19.4. The van der Waals surface area contributed by atoms with Crippen LogP contribution in [0.1, 0.15) is 24.8 Å². The first-order valence-electron chi connectivity index (χ1n) is 5.97. The number of aliphatic hydroxyl groups is 1. The van der Waals surface area contributed by atoms with Gasteiger partial charge in [0.25, 0.3) is 0 Å². The summed E-state index contributed by atoms with van der Waals surface area (Å²) < 4.78 is 35.9. The number of alkyl halides is 3. The predicted octanol–water partition coefficient (Wildman–Crippen LogP) is 2.70. The second-order valence-electron chi connectivity index (χ2n) is 4.02. The molecule has 0 atom stereocenters. The Balaban J connectivity index is 2.58. The van der Waals surface area contributed by atoms with Gasteiger partial charge in [-0.15, -0.1) is 0 Å². The number of nitrogens with one attached hydrogen (secondary N) is 1. The molecule has 0 unspecified atom stereocenters. The van der Waals surface area contributed by atoms with E-state index in [0.29, 0.717) is 17.7 Å². The summed E-state index contributed by atoms with van der Waals surface area (Å²) in [7, 11) is 0. The Kier molecular flexibility index (Phi) is 6.07. The first-order chi connectivity index (χ1) is 9.40. The lowest BCUT2D eigenvalue weighted by Crippen LogP contribution is -2.16. The Morgan fingerprint density at radius 1 is 1.35 bits per heavy atom. The maximum absolute atomic E-state index is 12.0. The van der Waals surface area contributed by atoms with Crippen LogP contribution in [0.25, 0.3) is 0 Å². The third-order valence-corrected chi connectivity index (χ3v) is 2.25. The number of rotatable bonds is 4. The quantitative estimate of drug-likeness (QED) is 0.836. The zero-order valence-corrected chi connectivity index (χ0v) is 10.6. The molecular weight excluding hydrogens is 271 g/mol. The molecule has 3 nitrogen and oxygen atoms in total. The molecule has 108 valence electrons. The lowest BCUT2D eigenvalue weighted by molar-refractivity contribution is -0.142. The van der Waals surface area contributed by atoms with E-state index < -0.39 is 24.9 Å². The fraction of sp³-hybridized carbons (Fsp3) is 0.357. The summed E-state index contributed by atoms with van der Waals surface area (Å²) in [4.78, 5) is 11.4. The van der Waals surface area contributed by atoms with Crippen molar-refractivity contribution in [1.29, 1.82) is 0 Å². The van der Waals surface area contributed by atoms with Gasteiger partial charge in [-0.25, -0.2) is 0 Å². The fourth-order valence-electron chi connectivity index (χ4n) is 1.37. The van der Waals surface area contributed by atoms with Crippen molar-refractivity contribution in [3.05, 3.63) is 29.8 Å². The number of benzene rings is 1. The molecule has 2 N–H and O–H groups in total. The monoisotopic (exact) mass is 285 g/mol. The first-order valence-corrected chi connectivity index (χ1v) is 5.97. The van der Waals surface area contributed by atoms with Crippen LogP contribution in [0.5, 0.6) is 0 Å². The van der Waals surface area contributed by atoms with E-state index in [1.807, 2.05) is 0 Å². The average molecular weight is 285 g/mol.